The number of aryl methyl sites for hydroxylation is 1. The Bertz CT molecular complexity index is 422. The highest BCUT2D eigenvalue weighted by Crippen LogP contribution is 2.30. The molecule has 18 heavy (non-hydrogen) atoms. The van der Waals surface area contributed by atoms with Crippen molar-refractivity contribution in [3.63, 3.8) is 0 Å². The van der Waals surface area contributed by atoms with Crippen molar-refractivity contribution in [1.82, 2.24) is 9.97 Å². The number of hydrogen-bond donors (Lipinski definition) is 2. The molecule has 1 aromatic heterocycles. The van der Waals surface area contributed by atoms with Crippen LogP contribution in [0.15, 0.2) is 6.33 Å². The zero-order valence-corrected chi connectivity index (χ0v) is 10.7. The molecule has 4 nitrogen and oxygen atoms in total. The maximum atomic E-state index is 9.46. The van der Waals surface area contributed by atoms with Gasteiger partial charge in [0.15, 0.2) is 0 Å². The first-order chi connectivity index (χ1) is 8.88. The normalized spacial score (nSPS) is 26.9. The molecule has 2 aliphatic rings. The van der Waals surface area contributed by atoms with Crippen LogP contribution in [0.5, 0.6) is 0 Å². The Balaban J connectivity index is 1.77. The molecule has 0 unspecified atom stereocenters. The lowest BCUT2D eigenvalue weighted by atomic mass is 9.85. The van der Waals surface area contributed by atoms with E-state index in [1.165, 1.54) is 30.5 Å². The summed E-state index contributed by atoms with van der Waals surface area (Å²) in [6, 6.07) is 0.378. The quantitative estimate of drug-likeness (QED) is 0.857. The number of nitrogens with one attached hydrogen (secondary N) is 1. The number of nitrogens with zero attached hydrogens (tertiary/aromatic N) is 2. The zero-order chi connectivity index (χ0) is 12.4. The topological polar surface area (TPSA) is 58.0 Å². The molecule has 1 aromatic rings. The van der Waals surface area contributed by atoms with E-state index in [1.54, 1.807) is 6.33 Å². The number of aromatic nitrogens is 2. The fraction of sp³-hybridized carbons (Fsp3) is 0.714. The highest BCUT2D eigenvalue weighted by atomic mass is 16.3. The van der Waals surface area contributed by atoms with E-state index in [0.717, 1.165) is 31.5 Å². The predicted molar refractivity (Wildman–Crippen MR) is 70.5 cm³/mol. The summed E-state index contributed by atoms with van der Waals surface area (Å²) >= 11 is 0. The van der Waals surface area contributed by atoms with E-state index in [0.29, 0.717) is 12.0 Å². The molecule has 0 saturated heterocycles. The molecule has 1 fully saturated rings. The van der Waals surface area contributed by atoms with E-state index in [4.69, 9.17) is 0 Å². The largest absolute Gasteiger partial charge is 0.396 e. The van der Waals surface area contributed by atoms with Crippen molar-refractivity contribution < 1.29 is 5.11 Å². The third kappa shape index (κ3) is 2.21. The third-order valence-electron chi connectivity index (χ3n) is 4.34. The zero-order valence-electron chi connectivity index (χ0n) is 10.7. The van der Waals surface area contributed by atoms with Crippen LogP contribution in [0.3, 0.4) is 0 Å². The van der Waals surface area contributed by atoms with E-state index in [9.17, 15) is 5.11 Å². The van der Waals surface area contributed by atoms with Crippen LogP contribution >= 0.6 is 0 Å². The van der Waals surface area contributed by atoms with Crippen LogP contribution in [0.2, 0.25) is 0 Å². The number of aliphatic hydroxyl groups is 1. The Hall–Kier alpha value is -1.16. The molecule has 4 heteroatoms. The van der Waals surface area contributed by atoms with Crippen molar-refractivity contribution in [1.29, 1.82) is 0 Å². The second-order valence-electron chi connectivity index (χ2n) is 5.48. The maximum absolute atomic E-state index is 9.46. The predicted octanol–water partition coefficient (Wildman–Crippen LogP) is 1.93. The van der Waals surface area contributed by atoms with Crippen LogP contribution in [0.25, 0.3) is 0 Å². The lowest BCUT2D eigenvalue weighted by Crippen LogP contribution is -2.35. The molecule has 1 saturated carbocycles. The Morgan fingerprint density at radius 2 is 2.06 bits per heavy atom. The van der Waals surface area contributed by atoms with Crippen LogP contribution in [-0.2, 0) is 12.8 Å². The van der Waals surface area contributed by atoms with Gasteiger partial charge in [0.25, 0.3) is 0 Å². The van der Waals surface area contributed by atoms with Gasteiger partial charge in [-0.05, 0) is 32.1 Å². The van der Waals surface area contributed by atoms with Crippen LogP contribution in [-0.4, -0.2) is 27.7 Å². The maximum Gasteiger partial charge on any atom is 0.133 e. The van der Waals surface area contributed by atoms with Gasteiger partial charge in [0.2, 0.25) is 0 Å². The van der Waals surface area contributed by atoms with E-state index in [-0.39, 0.29) is 6.61 Å². The molecule has 0 aromatic carbocycles. The van der Waals surface area contributed by atoms with Crippen molar-refractivity contribution in [2.45, 2.75) is 51.0 Å². The van der Waals surface area contributed by atoms with Gasteiger partial charge in [0, 0.05) is 29.8 Å². The number of hydrogen-bond acceptors (Lipinski definition) is 4. The van der Waals surface area contributed by atoms with Crippen molar-refractivity contribution in [3.05, 3.63) is 17.6 Å². The SMILES string of the molecule is OC[C@H]1CCCC[C@@H]1Nc1ncnc2c1CCC2. The summed E-state index contributed by atoms with van der Waals surface area (Å²) < 4.78 is 0. The van der Waals surface area contributed by atoms with E-state index < -0.39 is 0 Å². The fourth-order valence-corrected chi connectivity index (χ4v) is 3.28. The molecule has 0 amide bonds. The van der Waals surface area contributed by atoms with Crippen LogP contribution in [0, 0.1) is 5.92 Å². The molecule has 0 spiro atoms. The lowest BCUT2D eigenvalue weighted by Gasteiger charge is -2.31. The summed E-state index contributed by atoms with van der Waals surface area (Å²) in [5, 5.41) is 13.0. The van der Waals surface area contributed by atoms with Crippen molar-refractivity contribution in [3.8, 4) is 0 Å². The van der Waals surface area contributed by atoms with Crippen molar-refractivity contribution in [2.75, 3.05) is 11.9 Å². The highest BCUT2D eigenvalue weighted by molar-refractivity contribution is 5.48. The molecule has 3 rings (SSSR count). The second-order valence-corrected chi connectivity index (χ2v) is 5.48. The highest BCUT2D eigenvalue weighted by Gasteiger charge is 2.26. The smallest absolute Gasteiger partial charge is 0.133 e. The molecule has 2 N–H and O–H groups in total. The summed E-state index contributed by atoms with van der Waals surface area (Å²) in [5.74, 6) is 1.40. The second kappa shape index (κ2) is 5.22. The van der Waals surface area contributed by atoms with Crippen LogP contribution in [0.1, 0.15) is 43.4 Å². The molecule has 0 bridgehead atoms. The molecule has 1 heterocycles. The monoisotopic (exact) mass is 247 g/mol. The first-order valence-corrected chi connectivity index (χ1v) is 7.08. The molecule has 0 aliphatic heterocycles. The number of rotatable bonds is 3. The summed E-state index contributed by atoms with van der Waals surface area (Å²) in [6.07, 6.45) is 9.80. The number of fused-ring (bicyclic) bond motifs is 1. The molecule has 98 valence electrons. The van der Waals surface area contributed by atoms with Crippen LogP contribution in [0.4, 0.5) is 5.82 Å². The van der Waals surface area contributed by atoms with Crippen molar-refractivity contribution >= 4 is 5.82 Å². The van der Waals surface area contributed by atoms with Gasteiger partial charge in [-0.1, -0.05) is 12.8 Å². The van der Waals surface area contributed by atoms with Gasteiger partial charge in [0.05, 0.1) is 0 Å². The van der Waals surface area contributed by atoms with Gasteiger partial charge in [0.1, 0.15) is 12.1 Å². The first kappa shape index (κ1) is 11.9. The van der Waals surface area contributed by atoms with Gasteiger partial charge in [-0.3, -0.25) is 0 Å². The number of anilines is 1. The lowest BCUT2D eigenvalue weighted by molar-refractivity contribution is 0.178. The number of aliphatic hydroxyl groups excluding tert-OH is 1. The Labute approximate surface area is 108 Å². The molecule has 2 atom stereocenters. The average Bonchev–Trinajstić information content (AvgIpc) is 2.89. The summed E-state index contributed by atoms with van der Waals surface area (Å²) in [5.41, 5.74) is 2.52. The van der Waals surface area contributed by atoms with E-state index in [2.05, 4.69) is 15.3 Å². The van der Waals surface area contributed by atoms with Crippen molar-refractivity contribution in [2.24, 2.45) is 5.92 Å². The summed E-state index contributed by atoms with van der Waals surface area (Å²) in [6.45, 7) is 0.283. The van der Waals surface area contributed by atoms with E-state index >= 15 is 0 Å². The average molecular weight is 247 g/mol. The fourth-order valence-electron chi connectivity index (χ4n) is 3.28. The first-order valence-electron chi connectivity index (χ1n) is 7.08. The van der Waals surface area contributed by atoms with Gasteiger partial charge in [-0.15, -0.1) is 0 Å². The summed E-state index contributed by atoms with van der Waals surface area (Å²) in [4.78, 5) is 8.76. The minimum Gasteiger partial charge on any atom is -0.396 e. The standard InChI is InChI=1S/C14H21N3O/c18-8-10-4-1-2-6-12(10)17-14-11-5-3-7-13(11)15-9-16-14/h9-10,12,18H,1-8H2,(H,15,16,17)/t10-,12+/m1/s1. The summed E-state index contributed by atoms with van der Waals surface area (Å²) in [7, 11) is 0. The van der Waals surface area contributed by atoms with Gasteiger partial charge >= 0.3 is 0 Å². The third-order valence-corrected chi connectivity index (χ3v) is 4.34. The van der Waals surface area contributed by atoms with Gasteiger partial charge in [-0.2, -0.15) is 0 Å². The Kier molecular flexibility index (Phi) is 3.46. The van der Waals surface area contributed by atoms with E-state index in [1.807, 2.05) is 0 Å². The minimum absolute atomic E-state index is 0.283. The molecule has 2 aliphatic carbocycles. The van der Waals surface area contributed by atoms with Gasteiger partial charge < -0.3 is 10.4 Å². The Morgan fingerprint density at radius 1 is 1.17 bits per heavy atom. The van der Waals surface area contributed by atoms with Crippen LogP contribution < -0.4 is 5.32 Å². The Morgan fingerprint density at radius 3 is 2.94 bits per heavy atom. The van der Waals surface area contributed by atoms with Gasteiger partial charge in [-0.25, -0.2) is 9.97 Å². The molecular weight excluding hydrogens is 226 g/mol. The molecular formula is C14H21N3O. The minimum atomic E-state index is 0.283. The molecule has 0 radical (unpaired) electrons.